The molecular weight excluding hydrogens is 173 g/mol. The molecule has 4 heteroatoms. The van der Waals surface area contributed by atoms with Gasteiger partial charge in [-0.25, -0.2) is 4.39 Å². The lowest BCUT2D eigenvalue weighted by Crippen LogP contribution is -2.12. The van der Waals surface area contributed by atoms with Crippen molar-refractivity contribution in [2.24, 2.45) is 5.73 Å². The van der Waals surface area contributed by atoms with E-state index < -0.39 is 12.7 Å². The summed E-state index contributed by atoms with van der Waals surface area (Å²) >= 11 is 0. The Morgan fingerprint density at radius 2 is 2.31 bits per heavy atom. The number of aromatic hydroxyl groups is 1. The molecule has 0 aromatic heterocycles. The van der Waals surface area contributed by atoms with Crippen LogP contribution in [-0.2, 0) is 0 Å². The predicted octanol–water partition coefficient (Wildman–Crippen LogP) is 1.37. The maximum absolute atomic E-state index is 12.2. The lowest BCUT2D eigenvalue weighted by Gasteiger charge is -2.10. The molecular formula is C9H12FNO2. The highest BCUT2D eigenvalue weighted by molar-refractivity contribution is 5.41. The van der Waals surface area contributed by atoms with Gasteiger partial charge in [-0.2, -0.15) is 0 Å². The number of methoxy groups -OCH3 is 1. The third kappa shape index (κ3) is 2.09. The SMILES string of the molecule is COc1ccc([C@@H](N)CF)c(O)c1. The van der Waals surface area contributed by atoms with E-state index >= 15 is 0 Å². The molecule has 0 amide bonds. The van der Waals surface area contributed by atoms with Crippen LogP contribution in [0.25, 0.3) is 0 Å². The van der Waals surface area contributed by atoms with Crippen molar-refractivity contribution in [1.82, 2.24) is 0 Å². The third-order valence-electron chi connectivity index (χ3n) is 1.80. The Morgan fingerprint density at radius 1 is 1.62 bits per heavy atom. The van der Waals surface area contributed by atoms with Crippen molar-refractivity contribution in [1.29, 1.82) is 0 Å². The largest absolute Gasteiger partial charge is 0.507 e. The molecule has 0 radical (unpaired) electrons. The van der Waals surface area contributed by atoms with Crippen molar-refractivity contribution in [2.75, 3.05) is 13.8 Å². The molecule has 0 aliphatic carbocycles. The molecule has 0 bridgehead atoms. The number of phenolic OH excluding ortho intramolecular Hbond substituents is 1. The number of halogens is 1. The van der Waals surface area contributed by atoms with E-state index in [9.17, 15) is 9.50 Å². The summed E-state index contributed by atoms with van der Waals surface area (Å²) in [5.74, 6) is 0.483. The van der Waals surface area contributed by atoms with Gasteiger partial charge in [-0.15, -0.1) is 0 Å². The second kappa shape index (κ2) is 4.09. The minimum Gasteiger partial charge on any atom is -0.507 e. The summed E-state index contributed by atoms with van der Waals surface area (Å²) in [4.78, 5) is 0. The van der Waals surface area contributed by atoms with Gasteiger partial charge in [0.1, 0.15) is 18.2 Å². The van der Waals surface area contributed by atoms with Gasteiger partial charge >= 0.3 is 0 Å². The second-order valence-corrected chi connectivity index (χ2v) is 2.69. The number of phenols is 1. The Balaban J connectivity index is 2.98. The van der Waals surface area contributed by atoms with Crippen LogP contribution < -0.4 is 10.5 Å². The highest BCUT2D eigenvalue weighted by Crippen LogP contribution is 2.27. The van der Waals surface area contributed by atoms with Crippen molar-refractivity contribution in [2.45, 2.75) is 6.04 Å². The molecule has 1 aromatic rings. The molecule has 1 rings (SSSR count). The summed E-state index contributed by atoms with van der Waals surface area (Å²) in [5, 5.41) is 9.40. The number of rotatable bonds is 3. The van der Waals surface area contributed by atoms with Gasteiger partial charge in [0.05, 0.1) is 13.2 Å². The van der Waals surface area contributed by atoms with Crippen LogP contribution in [0.4, 0.5) is 4.39 Å². The first-order valence-corrected chi connectivity index (χ1v) is 3.87. The second-order valence-electron chi connectivity index (χ2n) is 2.69. The normalized spacial score (nSPS) is 12.5. The average molecular weight is 185 g/mol. The fourth-order valence-corrected chi connectivity index (χ4v) is 1.05. The summed E-state index contributed by atoms with van der Waals surface area (Å²) in [5.41, 5.74) is 5.80. The minimum absolute atomic E-state index is 0.0375. The molecule has 1 aromatic carbocycles. The van der Waals surface area contributed by atoms with Gasteiger partial charge in [0.15, 0.2) is 0 Å². The Hall–Kier alpha value is -1.29. The zero-order chi connectivity index (χ0) is 9.84. The van der Waals surface area contributed by atoms with Gasteiger partial charge in [-0.3, -0.25) is 0 Å². The predicted molar refractivity (Wildman–Crippen MR) is 47.6 cm³/mol. The van der Waals surface area contributed by atoms with Crippen LogP contribution in [0.2, 0.25) is 0 Å². The lowest BCUT2D eigenvalue weighted by molar-refractivity contribution is 0.397. The molecule has 0 saturated carbocycles. The van der Waals surface area contributed by atoms with E-state index in [1.54, 1.807) is 12.1 Å². The number of benzene rings is 1. The molecule has 3 N–H and O–H groups in total. The lowest BCUT2D eigenvalue weighted by atomic mass is 10.1. The molecule has 0 heterocycles. The highest BCUT2D eigenvalue weighted by atomic mass is 19.1. The van der Waals surface area contributed by atoms with Gasteiger partial charge < -0.3 is 15.6 Å². The minimum atomic E-state index is -0.772. The molecule has 0 fully saturated rings. The third-order valence-corrected chi connectivity index (χ3v) is 1.80. The van der Waals surface area contributed by atoms with Crippen molar-refractivity contribution >= 4 is 0 Å². The summed E-state index contributed by atoms with van der Waals surface area (Å²) in [6.45, 7) is -0.695. The topological polar surface area (TPSA) is 55.5 Å². The van der Waals surface area contributed by atoms with Crippen LogP contribution >= 0.6 is 0 Å². The molecule has 0 spiro atoms. The van der Waals surface area contributed by atoms with Crippen LogP contribution in [0.15, 0.2) is 18.2 Å². The Bertz CT molecular complexity index is 291. The molecule has 3 nitrogen and oxygen atoms in total. The van der Waals surface area contributed by atoms with Crippen molar-refractivity contribution in [3.05, 3.63) is 23.8 Å². The standard InChI is InChI=1S/C9H12FNO2/c1-13-6-2-3-7(8(11)5-10)9(12)4-6/h2-4,8,12H,5,11H2,1H3/t8-/m0/s1. The number of hydrogen-bond acceptors (Lipinski definition) is 3. The summed E-state index contributed by atoms with van der Waals surface area (Å²) in [6.07, 6.45) is 0. The number of alkyl halides is 1. The van der Waals surface area contributed by atoms with Crippen LogP contribution in [0.5, 0.6) is 11.5 Å². The zero-order valence-electron chi connectivity index (χ0n) is 7.33. The monoisotopic (exact) mass is 185 g/mol. The Kier molecular flexibility index (Phi) is 3.08. The fourth-order valence-electron chi connectivity index (χ4n) is 1.05. The smallest absolute Gasteiger partial charge is 0.124 e. The number of nitrogens with two attached hydrogens (primary N) is 1. The summed E-state index contributed by atoms with van der Waals surface area (Å²) < 4.78 is 17.0. The quantitative estimate of drug-likeness (QED) is 0.747. The number of ether oxygens (including phenoxy) is 1. The van der Waals surface area contributed by atoms with Crippen LogP contribution in [0.3, 0.4) is 0 Å². The molecule has 0 aliphatic rings. The molecule has 0 unspecified atom stereocenters. The van der Waals surface area contributed by atoms with Crippen molar-refractivity contribution < 1.29 is 14.2 Å². The Morgan fingerprint density at radius 3 is 2.77 bits per heavy atom. The number of hydrogen-bond donors (Lipinski definition) is 2. The van der Waals surface area contributed by atoms with Gasteiger partial charge in [0.25, 0.3) is 0 Å². The average Bonchev–Trinajstić information content (AvgIpc) is 2.16. The molecule has 0 saturated heterocycles. The van der Waals surface area contributed by atoms with Crippen LogP contribution in [0.1, 0.15) is 11.6 Å². The molecule has 13 heavy (non-hydrogen) atoms. The first-order chi connectivity index (χ1) is 6.19. The van der Waals surface area contributed by atoms with E-state index in [-0.39, 0.29) is 5.75 Å². The van der Waals surface area contributed by atoms with Crippen LogP contribution in [0, 0.1) is 0 Å². The van der Waals surface area contributed by atoms with Gasteiger partial charge in [0.2, 0.25) is 0 Å². The zero-order valence-corrected chi connectivity index (χ0v) is 7.33. The van der Waals surface area contributed by atoms with E-state index in [2.05, 4.69) is 0 Å². The maximum Gasteiger partial charge on any atom is 0.124 e. The van der Waals surface area contributed by atoms with E-state index in [0.29, 0.717) is 11.3 Å². The van der Waals surface area contributed by atoms with Crippen molar-refractivity contribution in [3.63, 3.8) is 0 Å². The molecule has 72 valence electrons. The van der Waals surface area contributed by atoms with Crippen molar-refractivity contribution in [3.8, 4) is 11.5 Å². The van der Waals surface area contributed by atoms with E-state index in [4.69, 9.17) is 10.5 Å². The molecule has 0 aliphatic heterocycles. The van der Waals surface area contributed by atoms with E-state index in [1.165, 1.54) is 13.2 Å². The van der Waals surface area contributed by atoms with Gasteiger partial charge in [-0.1, -0.05) is 0 Å². The van der Waals surface area contributed by atoms with Gasteiger partial charge in [-0.05, 0) is 12.1 Å². The van der Waals surface area contributed by atoms with E-state index in [0.717, 1.165) is 0 Å². The van der Waals surface area contributed by atoms with Gasteiger partial charge in [0, 0.05) is 11.6 Å². The Labute approximate surface area is 75.9 Å². The van der Waals surface area contributed by atoms with Crippen LogP contribution in [-0.4, -0.2) is 18.9 Å². The maximum atomic E-state index is 12.2. The summed E-state index contributed by atoms with van der Waals surface area (Å²) in [7, 11) is 1.49. The first-order valence-electron chi connectivity index (χ1n) is 3.87. The first kappa shape index (κ1) is 9.80. The van der Waals surface area contributed by atoms with E-state index in [1.807, 2.05) is 0 Å². The molecule has 1 atom stereocenters. The summed E-state index contributed by atoms with van der Waals surface area (Å²) in [6, 6.07) is 3.82. The highest BCUT2D eigenvalue weighted by Gasteiger charge is 2.10. The fraction of sp³-hybridized carbons (Fsp3) is 0.333.